The first-order chi connectivity index (χ1) is 16.6. The fourth-order valence-corrected chi connectivity index (χ4v) is 4.51. The summed E-state index contributed by atoms with van der Waals surface area (Å²) in [4.78, 5) is 42.8. The van der Waals surface area contributed by atoms with Crippen LogP contribution in [0.3, 0.4) is 0 Å². The smallest absolute Gasteiger partial charge is 0.408 e. The third-order valence-corrected chi connectivity index (χ3v) is 5.89. The zero-order valence-corrected chi connectivity index (χ0v) is 20.3. The van der Waals surface area contributed by atoms with E-state index >= 15 is 0 Å². The number of nitrogens with zero attached hydrogens (tertiary/aromatic N) is 3. The van der Waals surface area contributed by atoms with E-state index in [9.17, 15) is 14.4 Å². The second kappa shape index (κ2) is 8.90. The number of rotatable bonds is 5. The molecule has 1 aliphatic rings. The van der Waals surface area contributed by atoms with Gasteiger partial charge in [0, 0.05) is 36.3 Å². The molecule has 2 amide bonds. The van der Waals surface area contributed by atoms with Gasteiger partial charge in [-0.25, -0.2) is 9.48 Å². The maximum absolute atomic E-state index is 14.1. The van der Waals surface area contributed by atoms with Gasteiger partial charge in [0.1, 0.15) is 17.3 Å². The number of aromatic nitrogens is 2. The SMILES string of the molecule is COc1ccccc1[C@H](C(=O)n1cccn1)[C@]1(NC(=O)OC(C)(C)C)C(=O)N(C)c2ccccc21. The van der Waals surface area contributed by atoms with Gasteiger partial charge in [-0.15, -0.1) is 0 Å². The summed E-state index contributed by atoms with van der Waals surface area (Å²) in [6.45, 7) is 5.17. The monoisotopic (exact) mass is 476 g/mol. The van der Waals surface area contributed by atoms with Gasteiger partial charge in [-0.3, -0.25) is 9.59 Å². The predicted octanol–water partition coefficient (Wildman–Crippen LogP) is 3.71. The fourth-order valence-electron chi connectivity index (χ4n) is 4.51. The average Bonchev–Trinajstić information content (AvgIpc) is 3.42. The van der Waals surface area contributed by atoms with Gasteiger partial charge in [-0.1, -0.05) is 36.4 Å². The summed E-state index contributed by atoms with van der Waals surface area (Å²) in [6, 6.07) is 15.6. The van der Waals surface area contributed by atoms with Crippen LogP contribution in [0, 0.1) is 0 Å². The molecule has 0 bridgehead atoms. The van der Waals surface area contributed by atoms with Crippen molar-refractivity contribution in [1.29, 1.82) is 0 Å². The maximum atomic E-state index is 14.1. The van der Waals surface area contributed by atoms with E-state index < -0.39 is 35.0 Å². The van der Waals surface area contributed by atoms with E-state index in [1.165, 1.54) is 24.4 Å². The number of hydrogen-bond donors (Lipinski definition) is 1. The summed E-state index contributed by atoms with van der Waals surface area (Å²) < 4.78 is 12.3. The number of nitrogens with one attached hydrogen (secondary N) is 1. The molecule has 0 radical (unpaired) electrons. The highest BCUT2D eigenvalue weighted by atomic mass is 16.6. The predicted molar refractivity (Wildman–Crippen MR) is 129 cm³/mol. The van der Waals surface area contributed by atoms with Crippen molar-refractivity contribution < 1.29 is 23.9 Å². The fraction of sp³-hybridized carbons (Fsp3) is 0.308. The van der Waals surface area contributed by atoms with Crippen LogP contribution in [0.15, 0.2) is 67.0 Å². The molecule has 2 heterocycles. The van der Waals surface area contributed by atoms with E-state index in [2.05, 4.69) is 10.4 Å². The first kappa shape index (κ1) is 24.0. The van der Waals surface area contributed by atoms with E-state index in [0.717, 1.165) is 4.68 Å². The number of alkyl carbamates (subject to hydrolysis) is 1. The first-order valence-electron chi connectivity index (χ1n) is 11.2. The van der Waals surface area contributed by atoms with Crippen LogP contribution in [0.4, 0.5) is 10.5 Å². The quantitative estimate of drug-likeness (QED) is 0.602. The summed E-state index contributed by atoms with van der Waals surface area (Å²) in [5, 5.41) is 6.92. The number of fused-ring (bicyclic) bond motifs is 1. The summed E-state index contributed by atoms with van der Waals surface area (Å²) in [5.41, 5.74) is -1.20. The number of carbonyl (C=O) groups is 3. The summed E-state index contributed by atoms with van der Waals surface area (Å²) in [7, 11) is 3.09. The molecule has 35 heavy (non-hydrogen) atoms. The highest BCUT2D eigenvalue weighted by molar-refractivity contribution is 6.13. The van der Waals surface area contributed by atoms with E-state index in [4.69, 9.17) is 9.47 Å². The summed E-state index contributed by atoms with van der Waals surface area (Å²) in [6.07, 6.45) is 2.15. The second-order valence-electron chi connectivity index (χ2n) is 9.28. The van der Waals surface area contributed by atoms with Crippen molar-refractivity contribution in [3.63, 3.8) is 0 Å². The van der Waals surface area contributed by atoms with Crippen molar-refractivity contribution >= 4 is 23.6 Å². The van der Waals surface area contributed by atoms with Gasteiger partial charge in [-0.2, -0.15) is 5.10 Å². The molecule has 0 fully saturated rings. The standard InChI is InChI=1S/C26H28N4O5/c1-25(2,3)35-24(33)28-26(18-12-7-8-13-19(18)29(4)23(26)32)21(22(31)30-16-10-15-27-30)17-11-6-9-14-20(17)34-5/h6-16,21H,1-5H3,(H,28,33)/t21-,26+/m1/s1. The number of hydrogen-bond acceptors (Lipinski definition) is 6. The lowest BCUT2D eigenvalue weighted by Crippen LogP contribution is -2.59. The average molecular weight is 477 g/mol. The summed E-state index contributed by atoms with van der Waals surface area (Å²) in [5.74, 6) is -1.84. The number of carbonyl (C=O) groups excluding carboxylic acids is 3. The molecule has 9 heteroatoms. The van der Waals surface area contributed by atoms with Gasteiger partial charge >= 0.3 is 6.09 Å². The third kappa shape index (κ3) is 4.14. The third-order valence-electron chi connectivity index (χ3n) is 5.89. The number of anilines is 1. The van der Waals surface area contributed by atoms with Crippen molar-refractivity contribution in [3.05, 3.63) is 78.1 Å². The Morgan fingerprint density at radius 3 is 2.40 bits per heavy atom. The zero-order valence-electron chi connectivity index (χ0n) is 20.3. The minimum Gasteiger partial charge on any atom is -0.496 e. The van der Waals surface area contributed by atoms with E-state index in [1.54, 1.807) is 82.4 Å². The molecule has 2 aromatic carbocycles. The molecule has 0 spiro atoms. The van der Waals surface area contributed by atoms with Crippen LogP contribution in [0.5, 0.6) is 5.75 Å². The molecule has 182 valence electrons. The lowest BCUT2D eigenvalue weighted by atomic mass is 9.74. The molecule has 1 aromatic heterocycles. The number of likely N-dealkylation sites (N-methyl/N-ethyl adjacent to an activating group) is 1. The van der Waals surface area contributed by atoms with E-state index in [1.807, 2.05) is 0 Å². The topological polar surface area (TPSA) is 103 Å². The second-order valence-corrected chi connectivity index (χ2v) is 9.28. The lowest BCUT2D eigenvalue weighted by molar-refractivity contribution is -0.124. The molecule has 3 aromatic rings. The Hall–Kier alpha value is -4.14. The Labute approximate surface area is 203 Å². The van der Waals surface area contributed by atoms with Gasteiger partial charge < -0.3 is 19.7 Å². The Kier molecular flexibility index (Phi) is 6.10. The van der Waals surface area contributed by atoms with Crippen LogP contribution in [0.2, 0.25) is 0 Å². The Morgan fingerprint density at radius 2 is 1.74 bits per heavy atom. The number of amides is 2. The number of benzene rings is 2. The van der Waals surface area contributed by atoms with Crippen LogP contribution in [0.1, 0.15) is 42.6 Å². The molecular weight excluding hydrogens is 448 g/mol. The Balaban J connectivity index is 2.02. The molecule has 1 N–H and O–H groups in total. The van der Waals surface area contributed by atoms with E-state index in [-0.39, 0.29) is 0 Å². The molecule has 0 aliphatic carbocycles. The normalized spacial score (nSPS) is 18.1. The van der Waals surface area contributed by atoms with Crippen molar-refractivity contribution in [1.82, 2.24) is 15.1 Å². The van der Waals surface area contributed by atoms with Gasteiger partial charge in [0.2, 0.25) is 0 Å². The molecule has 0 unspecified atom stereocenters. The molecule has 4 rings (SSSR count). The lowest BCUT2D eigenvalue weighted by Gasteiger charge is -2.37. The first-order valence-corrected chi connectivity index (χ1v) is 11.2. The van der Waals surface area contributed by atoms with Crippen molar-refractivity contribution in [2.24, 2.45) is 0 Å². The van der Waals surface area contributed by atoms with Crippen LogP contribution in [0.25, 0.3) is 0 Å². The largest absolute Gasteiger partial charge is 0.496 e. The van der Waals surface area contributed by atoms with Crippen molar-refractivity contribution in [2.45, 2.75) is 37.8 Å². The van der Waals surface area contributed by atoms with E-state index in [0.29, 0.717) is 22.6 Å². The minimum absolute atomic E-state index is 0.392. The van der Waals surface area contributed by atoms with Crippen LogP contribution in [-0.4, -0.2) is 47.4 Å². The van der Waals surface area contributed by atoms with Crippen molar-refractivity contribution in [2.75, 3.05) is 19.1 Å². The zero-order chi connectivity index (χ0) is 25.4. The van der Waals surface area contributed by atoms with Gasteiger partial charge in [-0.05, 0) is 39.0 Å². The highest BCUT2D eigenvalue weighted by Crippen LogP contribution is 2.50. The highest BCUT2D eigenvalue weighted by Gasteiger charge is 2.60. The molecule has 0 saturated carbocycles. The molecular formula is C26H28N4O5. The van der Waals surface area contributed by atoms with Crippen LogP contribution < -0.4 is 15.0 Å². The van der Waals surface area contributed by atoms with Crippen molar-refractivity contribution in [3.8, 4) is 5.75 Å². The Bertz CT molecular complexity index is 1260. The maximum Gasteiger partial charge on any atom is 0.408 e. The molecule has 0 saturated heterocycles. The molecule has 9 nitrogen and oxygen atoms in total. The number of ether oxygens (including phenoxy) is 2. The van der Waals surface area contributed by atoms with Crippen LogP contribution in [-0.2, 0) is 15.1 Å². The molecule has 1 aliphatic heterocycles. The number of para-hydroxylation sites is 2. The summed E-state index contributed by atoms with van der Waals surface area (Å²) >= 11 is 0. The van der Waals surface area contributed by atoms with Crippen LogP contribution >= 0.6 is 0 Å². The Morgan fingerprint density at radius 1 is 1.06 bits per heavy atom. The van der Waals surface area contributed by atoms with Gasteiger partial charge in [0.25, 0.3) is 11.8 Å². The van der Waals surface area contributed by atoms with Gasteiger partial charge in [0.05, 0.1) is 7.11 Å². The molecule has 2 atom stereocenters. The van der Waals surface area contributed by atoms with Gasteiger partial charge in [0.15, 0.2) is 5.54 Å². The minimum atomic E-state index is -1.83. The number of methoxy groups -OCH3 is 1.